The third kappa shape index (κ3) is 22.7. The molecule has 0 radical (unpaired) electrons. The number of aliphatic hydroxyl groups is 4. The quantitative estimate of drug-likeness (QED) is 0.0418. The Balaban J connectivity index is 1.64. The van der Waals surface area contributed by atoms with Crippen LogP contribution in [0.25, 0.3) is 0 Å². The largest absolute Gasteiger partial charge is 0.460 e. The molecule has 3 fully saturated rings. The van der Waals surface area contributed by atoms with Gasteiger partial charge in [-0.2, -0.15) is 0 Å². The molecule has 3 heterocycles. The van der Waals surface area contributed by atoms with Crippen LogP contribution in [0.5, 0.6) is 0 Å². The van der Waals surface area contributed by atoms with Crippen molar-refractivity contribution in [2.75, 3.05) is 100 Å². The maximum absolute atomic E-state index is 14.7. The van der Waals surface area contributed by atoms with E-state index in [0.29, 0.717) is 96.6 Å². The summed E-state index contributed by atoms with van der Waals surface area (Å²) in [4.78, 5) is 73.3. The minimum absolute atomic E-state index is 0.0281. The Morgan fingerprint density at radius 1 is 0.720 bits per heavy atom. The summed E-state index contributed by atoms with van der Waals surface area (Å²) in [5.41, 5.74) is 1.19. The van der Waals surface area contributed by atoms with E-state index in [2.05, 4.69) is 0 Å². The van der Waals surface area contributed by atoms with E-state index in [0.717, 1.165) is 12.0 Å². The maximum Gasteiger partial charge on any atom is 0.329 e. The van der Waals surface area contributed by atoms with E-state index in [-0.39, 0.29) is 107 Å². The Morgan fingerprint density at radius 3 is 2.01 bits per heavy atom. The smallest absolute Gasteiger partial charge is 0.329 e. The number of methoxy groups -OCH3 is 2. The number of hydrogen-bond acceptors (Lipinski definition) is 19. The molecule has 1 unspecified atom stereocenters. The van der Waals surface area contributed by atoms with Crippen molar-refractivity contribution in [1.82, 2.24) is 4.90 Å². The van der Waals surface area contributed by atoms with Crippen LogP contribution in [0.2, 0.25) is 0 Å². The average Bonchev–Trinajstić information content (AvgIpc) is 3.01. The molecule has 20 nitrogen and oxygen atoms in total. The van der Waals surface area contributed by atoms with E-state index in [1.165, 1.54) is 12.0 Å². The number of amides is 1. The molecule has 1 aliphatic carbocycles. The van der Waals surface area contributed by atoms with E-state index in [1.807, 2.05) is 58.1 Å². The Bertz CT molecular complexity index is 2060. The van der Waals surface area contributed by atoms with Gasteiger partial charge in [-0.25, -0.2) is 4.79 Å². The molecule has 1 saturated carbocycles. The lowest BCUT2D eigenvalue weighted by Crippen LogP contribution is -2.61. The van der Waals surface area contributed by atoms with Gasteiger partial charge in [0.2, 0.25) is 5.79 Å². The predicted octanol–water partition coefficient (Wildman–Crippen LogP) is 5.63. The standard InChI is InChI=1S/C62H101NO19/c1-41-15-11-10-12-16-42(2)53(80-34-32-78-30-28-76-26-24-65)39-49-20-18-47(7)62(72,82-49)59(69)60(70)63-22-14-13-17-50(63)61(71)81-54(40-51(66)43(3)36-46(6)57(68)58(74-9)56(67)45(5)35-41)44(4)37-48-19-21-52(55(38-48)73-8)79-33-31-77-29-27-75-25-23-64/h10-12,15-16,36,41,43-45,47-50,52-55,57-58,64-65,68,72H,13-14,17-35,37-40H2,1-9H3/b12-10+,15-11+,42-16+,46-36+/t41-,43-,44-,45-,47-,48+,49+,50+,52-,53?,54+,55-,57-,58+,62-/m1/s1. The van der Waals surface area contributed by atoms with Gasteiger partial charge in [-0.15, -0.1) is 0 Å². The lowest BCUT2D eigenvalue weighted by atomic mass is 9.78. The fourth-order valence-corrected chi connectivity index (χ4v) is 11.5. The third-order valence-corrected chi connectivity index (χ3v) is 16.5. The molecular weight excluding hydrogens is 1060 g/mol. The number of fused-ring (bicyclic) bond motifs is 3. The van der Waals surface area contributed by atoms with Crippen LogP contribution >= 0.6 is 0 Å². The SMILES string of the molecule is CO[C@@H]1C[C@H](C[C@@H](C)[C@@H]2CC(=O)[C@H](C)/C=C(\C)[C@@H](O)[C@@H](OC)C(=O)[C@H](C)C[C@H](C)/C=C/C=C/C=C(\C)C(OCCOCCOCCO)C[C@@H]3CC[C@@H](C)[C@@](O)(O3)C(=O)C(=O)N3CCCC[C@H]3C(=O)O2)CC[C@H]1OCCOCCOCCO. The van der Waals surface area contributed by atoms with Crippen molar-refractivity contribution in [3.63, 3.8) is 0 Å². The first-order chi connectivity index (χ1) is 39.3. The third-order valence-electron chi connectivity index (χ3n) is 16.5. The highest BCUT2D eigenvalue weighted by atomic mass is 16.6. The molecule has 2 saturated heterocycles. The molecule has 20 heteroatoms. The lowest BCUT2D eigenvalue weighted by Gasteiger charge is -2.43. The number of ketones is 3. The number of esters is 1. The van der Waals surface area contributed by atoms with Crippen molar-refractivity contribution < 1.29 is 91.8 Å². The molecule has 0 aromatic carbocycles. The number of ether oxygens (including phenoxy) is 10. The van der Waals surface area contributed by atoms with E-state index in [4.69, 9.17) is 57.6 Å². The van der Waals surface area contributed by atoms with E-state index in [9.17, 15) is 34.2 Å². The number of allylic oxidation sites excluding steroid dienone is 6. The second-order valence-electron chi connectivity index (χ2n) is 23.0. The lowest BCUT2D eigenvalue weighted by molar-refractivity contribution is -0.266. The Hall–Kier alpha value is -3.61. The summed E-state index contributed by atoms with van der Waals surface area (Å²) in [6.45, 7) is 15.5. The molecule has 1 amide bonds. The molecular formula is C62H101NO19. The van der Waals surface area contributed by atoms with Crippen molar-refractivity contribution >= 4 is 29.2 Å². The second-order valence-corrected chi connectivity index (χ2v) is 23.0. The number of cyclic esters (lactones) is 1. The van der Waals surface area contributed by atoms with Gasteiger partial charge in [-0.1, -0.05) is 71.1 Å². The molecule has 3 aliphatic heterocycles. The van der Waals surface area contributed by atoms with Crippen molar-refractivity contribution in [3.8, 4) is 0 Å². The minimum atomic E-state index is -2.51. The van der Waals surface area contributed by atoms with Gasteiger partial charge in [0.15, 0.2) is 5.78 Å². The monoisotopic (exact) mass is 1160 g/mol. The highest BCUT2D eigenvalue weighted by molar-refractivity contribution is 6.39. The topological polar surface area (TPSA) is 262 Å². The summed E-state index contributed by atoms with van der Waals surface area (Å²) in [5, 5.41) is 41.8. The molecule has 0 aromatic rings. The molecule has 4 aliphatic rings. The predicted molar refractivity (Wildman–Crippen MR) is 305 cm³/mol. The van der Waals surface area contributed by atoms with Gasteiger partial charge in [0, 0.05) is 51.4 Å². The number of aliphatic hydroxyl groups excluding tert-OH is 3. The van der Waals surface area contributed by atoms with Crippen LogP contribution in [0, 0.1) is 35.5 Å². The number of Topliss-reactive ketones (excluding diaryl/α,β-unsaturated/α-hetero) is 3. The number of piperidine rings is 1. The zero-order chi connectivity index (χ0) is 60.2. The zero-order valence-corrected chi connectivity index (χ0v) is 50.6. The maximum atomic E-state index is 14.7. The molecule has 2 bridgehead atoms. The highest BCUT2D eigenvalue weighted by Gasteiger charge is 2.53. The second kappa shape index (κ2) is 37.7. The molecule has 4 rings (SSSR count). The van der Waals surface area contributed by atoms with Gasteiger partial charge < -0.3 is 72.7 Å². The van der Waals surface area contributed by atoms with Crippen molar-refractivity contribution in [2.24, 2.45) is 35.5 Å². The van der Waals surface area contributed by atoms with Crippen LogP contribution in [0.15, 0.2) is 47.6 Å². The zero-order valence-electron chi connectivity index (χ0n) is 50.6. The molecule has 15 atom stereocenters. The summed E-state index contributed by atoms with van der Waals surface area (Å²) in [6.07, 6.45) is 11.2. The average molecular weight is 1160 g/mol. The van der Waals surface area contributed by atoms with E-state index >= 15 is 0 Å². The van der Waals surface area contributed by atoms with Crippen molar-refractivity contribution in [2.45, 2.75) is 180 Å². The van der Waals surface area contributed by atoms with E-state index < -0.39 is 77.8 Å². The first-order valence-electron chi connectivity index (χ1n) is 30.0. The Kier molecular flexibility index (Phi) is 32.6. The summed E-state index contributed by atoms with van der Waals surface area (Å²) >= 11 is 0. The first kappa shape index (κ1) is 70.9. The van der Waals surface area contributed by atoms with Crippen molar-refractivity contribution in [3.05, 3.63) is 47.6 Å². The van der Waals surface area contributed by atoms with Crippen LogP contribution in [-0.4, -0.2) is 209 Å². The van der Waals surface area contributed by atoms with Crippen LogP contribution in [0.3, 0.4) is 0 Å². The van der Waals surface area contributed by atoms with Gasteiger partial charge in [0.05, 0.1) is 104 Å². The number of hydrogen-bond donors (Lipinski definition) is 4. The minimum Gasteiger partial charge on any atom is -0.460 e. The van der Waals surface area contributed by atoms with Gasteiger partial charge in [-0.05, 0) is 107 Å². The molecule has 0 spiro atoms. The highest BCUT2D eigenvalue weighted by Crippen LogP contribution is 2.38. The fraction of sp³-hybridized carbons (Fsp3) is 0.790. The molecule has 4 N–H and O–H groups in total. The number of nitrogens with zero attached hydrogens (tertiary/aromatic N) is 1. The summed E-state index contributed by atoms with van der Waals surface area (Å²) in [5.74, 6) is -8.38. The molecule has 0 aromatic heterocycles. The molecule has 468 valence electrons. The van der Waals surface area contributed by atoms with Crippen LogP contribution in [0.1, 0.15) is 126 Å². The molecule has 82 heavy (non-hydrogen) atoms. The van der Waals surface area contributed by atoms with Crippen molar-refractivity contribution in [1.29, 1.82) is 0 Å². The van der Waals surface area contributed by atoms with Gasteiger partial charge in [-0.3, -0.25) is 19.2 Å². The number of rotatable bonds is 23. The summed E-state index contributed by atoms with van der Waals surface area (Å²) in [6, 6.07) is -1.19. The number of carbonyl (C=O) groups excluding carboxylic acids is 5. The van der Waals surface area contributed by atoms with Crippen LogP contribution in [0.4, 0.5) is 0 Å². The van der Waals surface area contributed by atoms with Crippen LogP contribution < -0.4 is 0 Å². The van der Waals surface area contributed by atoms with Gasteiger partial charge >= 0.3 is 5.97 Å². The fourth-order valence-electron chi connectivity index (χ4n) is 11.5. The van der Waals surface area contributed by atoms with Gasteiger partial charge in [0.1, 0.15) is 30.1 Å². The summed E-state index contributed by atoms with van der Waals surface area (Å²) < 4.78 is 58.7. The number of carbonyl (C=O) groups is 5. The Labute approximate surface area is 487 Å². The Morgan fingerprint density at radius 2 is 1.37 bits per heavy atom. The van der Waals surface area contributed by atoms with E-state index in [1.54, 1.807) is 34.0 Å². The first-order valence-corrected chi connectivity index (χ1v) is 30.0. The summed E-state index contributed by atoms with van der Waals surface area (Å²) in [7, 11) is 3.02. The normalized spacial score (nSPS) is 34.5. The van der Waals surface area contributed by atoms with Gasteiger partial charge in [0.25, 0.3) is 11.7 Å². The van der Waals surface area contributed by atoms with Crippen LogP contribution in [-0.2, 0) is 71.3 Å².